The zero-order valence-corrected chi connectivity index (χ0v) is 21.6. The van der Waals surface area contributed by atoms with E-state index in [4.69, 9.17) is 4.98 Å². The monoisotopic (exact) mass is 495 g/mol. The van der Waals surface area contributed by atoms with E-state index in [0.29, 0.717) is 5.92 Å². The van der Waals surface area contributed by atoms with Crippen molar-refractivity contribution in [1.82, 2.24) is 9.55 Å². The molecule has 1 saturated heterocycles. The summed E-state index contributed by atoms with van der Waals surface area (Å²) >= 11 is 0. The smallest absolute Gasteiger partial charge is 0.121 e. The molecule has 2 heterocycles. The van der Waals surface area contributed by atoms with Crippen LogP contribution in [0.3, 0.4) is 0 Å². The average Bonchev–Trinajstić information content (AvgIpc) is 3.48. The zero-order valence-electron chi connectivity index (χ0n) is 21.6. The summed E-state index contributed by atoms with van der Waals surface area (Å²) in [5.74, 6) is 0.572. The molecular weight excluding hydrogens is 462 g/mol. The lowest BCUT2D eigenvalue weighted by molar-refractivity contribution is 0.480. The van der Waals surface area contributed by atoms with E-state index in [2.05, 4.69) is 149 Å². The van der Waals surface area contributed by atoms with Crippen LogP contribution in [0, 0.1) is 5.92 Å². The number of benzene rings is 4. The van der Waals surface area contributed by atoms with E-state index in [9.17, 15) is 0 Å². The molecule has 0 atom stereocenters. The zero-order chi connectivity index (χ0) is 25.6. The Hall–Kier alpha value is -4.37. The van der Waals surface area contributed by atoms with Gasteiger partial charge in [0.2, 0.25) is 0 Å². The number of aromatic nitrogens is 2. The van der Waals surface area contributed by atoms with Gasteiger partial charge in [-0.15, -0.1) is 0 Å². The van der Waals surface area contributed by atoms with Crippen molar-refractivity contribution >= 4 is 11.8 Å². The van der Waals surface area contributed by atoms with Gasteiger partial charge in [-0.3, -0.25) is 0 Å². The summed E-state index contributed by atoms with van der Waals surface area (Å²) in [5, 5.41) is 0. The van der Waals surface area contributed by atoms with Crippen LogP contribution < -0.4 is 4.90 Å². The number of hydrogen-bond acceptors (Lipinski definition) is 2. The van der Waals surface area contributed by atoms with Crippen molar-refractivity contribution in [2.24, 2.45) is 5.92 Å². The Bertz CT molecular complexity index is 1350. The van der Waals surface area contributed by atoms with Gasteiger partial charge >= 0.3 is 0 Å². The second-order valence-electron chi connectivity index (χ2n) is 10.0. The molecule has 0 N–H and O–H groups in total. The van der Waals surface area contributed by atoms with Crippen molar-refractivity contribution < 1.29 is 0 Å². The average molecular weight is 496 g/mol. The lowest BCUT2D eigenvalue weighted by Gasteiger charge is -2.37. The van der Waals surface area contributed by atoms with Gasteiger partial charge in [-0.25, -0.2) is 4.98 Å². The molecule has 0 spiro atoms. The predicted molar refractivity (Wildman–Crippen MR) is 157 cm³/mol. The maximum absolute atomic E-state index is 4.87. The van der Waals surface area contributed by atoms with Gasteiger partial charge in [0.05, 0.1) is 12.0 Å². The molecule has 1 aromatic heterocycles. The molecule has 188 valence electrons. The fraction of sp³-hybridized carbons (Fsp3) is 0.171. The lowest BCUT2D eigenvalue weighted by atomic mass is 9.77. The molecule has 0 radical (unpaired) electrons. The highest BCUT2D eigenvalue weighted by molar-refractivity contribution is 5.52. The molecule has 1 aliphatic heterocycles. The van der Waals surface area contributed by atoms with E-state index < -0.39 is 5.54 Å². The maximum Gasteiger partial charge on any atom is 0.121 e. The van der Waals surface area contributed by atoms with Gasteiger partial charge in [0.15, 0.2) is 0 Å². The number of allylic oxidation sites excluding steroid dienone is 1. The van der Waals surface area contributed by atoms with E-state index in [1.807, 2.05) is 6.33 Å². The molecule has 0 aliphatic carbocycles. The van der Waals surface area contributed by atoms with Crippen LogP contribution in [0.15, 0.2) is 140 Å². The highest BCUT2D eigenvalue weighted by Gasteiger charge is 2.38. The summed E-state index contributed by atoms with van der Waals surface area (Å²) in [6.07, 6.45) is 11.1. The summed E-state index contributed by atoms with van der Waals surface area (Å²) in [5.41, 5.74) is 5.41. The number of hydrogen-bond donors (Lipinski definition) is 0. The van der Waals surface area contributed by atoms with Gasteiger partial charge in [0.25, 0.3) is 0 Å². The Morgan fingerprint density at radius 2 is 1.11 bits per heavy atom. The Morgan fingerprint density at radius 1 is 0.632 bits per heavy atom. The third kappa shape index (κ3) is 4.68. The highest BCUT2D eigenvalue weighted by atomic mass is 15.1. The normalized spacial score (nSPS) is 14.7. The second kappa shape index (κ2) is 10.9. The fourth-order valence-corrected chi connectivity index (χ4v) is 5.82. The summed E-state index contributed by atoms with van der Waals surface area (Å²) in [4.78, 5) is 7.36. The Kier molecular flexibility index (Phi) is 6.91. The van der Waals surface area contributed by atoms with Crippen molar-refractivity contribution in [3.63, 3.8) is 0 Å². The standard InChI is InChI=1S/C35H33N3/c1-5-13-30(14-6-1)35(31-15-7-2-8-16-31,32-17-9-3-10-18-32)38-27-33(36-28-38)22-21-29-23-25-37(26-24-29)34-19-11-4-12-20-34/h1-22,27-29H,23-26H2/b22-21+. The van der Waals surface area contributed by atoms with E-state index in [1.54, 1.807) is 0 Å². The predicted octanol–water partition coefficient (Wildman–Crippen LogP) is 7.65. The van der Waals surface area contributed by atoms with E-state index in [-0.39, 0.29) is 0 Å². The SMILES string of the molecule is C(=C\C1CCN(c2ccccc2)CC1)/c1cn(C(c2ccccc2)(c2ccccc2)c2ccccc2)cn1. The molecule has 3 heteroatoms. The quantitative estimate of drug-likeness (QED) is 0.216. The topological polar surface area (TPSA) is 21.1 Å². The number of nitrogens with zero attached hydrogens (tertiary/aromatic N) is 3. The Balaban J connectivity index is 1.32. The van der Waals surface area contributed by atoms with E-state index in [0.717, 1.165) is 31.6 Å². The first-order valence-corrected chi connectivity index (χ1v) is 13.5. The van der Waals surface area contributed by atoms with Crippen LogP contribution >= 0.6 is 0 Å². The minimum Gasteiger partial charge on any atom is -0.371 e. The molecule has 1 aliphatic rings. The van der Waals surface area contributed by atoms with Crippen LogP contribution in [-0.2, 0) is 5.54 Å². The Labute approximate surface area is 225 Å². The van der Waals surface area contributed by atoms with Crippen LogP contribution in [0.4, 0.5) is 5.69 Å². The van der Waals surface area contributed by atoms with Crippen LogP contribution in [0.1, 0.15) is 35.2 Å². The summed E-state index contributed by atoms with van der Waals surface area (Å²) in [6.45, 7) is 2.18. The molecule has 1 fully saturated rings. The van der Waals surface area contributed by atoms with Crippen LogP contribution in [-0.4, -0.2) is 22.6 Å². The van der Waals surface area contributed by atoms with Crippen molar-refractivity contribution in [2.45, 2.75) is 18.4 Å². The first-order valence-electron chi connectivity index (χ1n) is 13.5. The molecule has 38 heavy (non-hydrogen) atoms. The highest BCUT2D eigenvalue weighted by Crippen LogP contribution is 2.40. The second-order valence-corrected chi connectivity index (χ2v) is 10.0. The Morgan fingerprint density at radius 3 is 1.61 bits per heavy atom. The third-order valence-corrected chi connectivity index (χ3v) is 7.76. The first kappa shape index (κ1) is 24.0. The number of anilines is 1. The van der Waals surface area contributed by atoms with Crippen LogP contribution in [0.2, 0.25) is 0 Å². The van der Waals surface area contributed by atoms with Gasteiger partial charge in [0, 0.05) is 25.0 Å². The van der Waals surface area contributed by atoms with Gasteiger partial charge in [-0.1, -0.05) is 115 Å². The largest absolute Gasteiger partial charge is 0.371 e. The van der Waals surface area contributed by atoms with Gasteiger partial charge < -0.3 is 9.47 Å². The summed E-state index contributed by atoms with van der Waals surface area (Å²) in [7, 11) is 0. The molecule has 4 aromatic carbocycles. The van der Waals surface area contributed by atoms with Crippen molar-refractivity contribution in [3.8, 4) is 0 Å². The number of imidazole rings is 1. The maximum atomic E-state index is 4.87. The lowest BCUT2D eigenvalue weighted by Crippen LogP contribution is -2.36. The molecule has 3 nitrogen and oxygen atoms in total. The van der Waals surface area contributed by atoms with Crippen LogP contribution in [0.5, 0.6) is 0 Å². The van der Waals surface area contributed by atoms with Crippen molar-refractivity contribution in [2.75, 3.05) is 18.0 Å². The van der Waals surface area contributed by atoms with Crippen LogP contribution in [0.25, 0.3) is 6.08 Å². The van der Waals surface area contributed by atoms with E-state index >= 15 is 0 Å². The molecular formula is C35H33N3. The summed E-state index contributed by atoms with van der Waals surface area (Å²) < 4.78 is 2.28. The van der Waals surface area contributed by atoms with Gasteiger partial charge in [-0.05, 0) is 53.7 Å². The van der Waals surface area contributed by atoms with Crippen molar-refractivity contribution in [1.29, 1.82) is 0 Å². The molecule has 0 amide bonds. The van der Waals surface area contributed by atoms with Gasteiger partial charge in [0.1, 0.15) is 5.54 Å². The van der Waals surface area contributed by atoms with Crippen molar-refractivity contribution in [3.05, 3.63) is 162 Å². The molecule has 0 bridgehead atoms. The minimum absolute atomic E-state index is 0.524. The minimum atomic E-state index is -0.524. The summed E-state index contributed by atoms with van der Waals surface area (Å²) in [6, 6.07) is 43.0. The molecule has 6 rings (SSSR count). The number of piperidine rings is 1. The molecule has 5 aromatic rings. The van der Waals surface area contributed by atoms with Gasteiger partial charge in [-0.2, -0.15) is 0 Å². The third-order valence-electron chi connectivity index (χ3n) is 7.76. The number of rotatable bonds is 7. The fourth-order valence-electron chi connectivity index (χ4n) is 5.82. The van der Waals surface area contributed by atoms with E-state index in [1.165, 1.54) is 22.4 Å². The molecule has 0 saturated carbocycles. The first-order chi connectivity index (χ1) is 18.8. The molecule has 0 unspecified atom stereocenters. The number of para-hydroxylation sites is 1.